The molecule has 5 nitrogen and oxygen atoms in total. The normalized spacial score (nSPS) is 13.6. The molecule has 2 aromatic rings. The molecule has 0 saturated carbocycles. The molecule has 23 heavy (non-hydrogen) atoms. The van der Waals surface area contributed by atoms with Crippen molar-refractivity contribution in [3.05, 3.63) is 47.0 Å². The highest BCUT2D eigenvalue weighted by Crippen LogP contribution is 2.40. The van der Waals surface area contributed by atoms with Gasteiger partial charge in [-0.15, -0.1) is 0 Å². The first-order valence-electron chi connectivity index (χ1n) is 6.57. The lowest BCUT2D eigenvalue weighted by Gasteiger charge is -2.12. The van der Waals surface area contributed by atoms with Gasteiger partial charge in [0.15, 0.2) is 6.61 Å². The zero-order valence-corrected chi connectivity index (χ0v) is 14.4. The van der Waals surface area contributed by atoms with E-state index in [1.54, 1.807) is 24.3 Å². The van der Waals surface area contributed by atoms with Gasteiger partial charge in [0.25, 0.3) is 0 Å². The minimum absolute atomic E-state index is 0.0288. The third-order valence-corrected chi connectivity index (χ3v) is 4.93. The Morgan fingerprint density at radius 2 is 2.04 bits per heavy atom. The summed E-state index contributed by atoms with van der Waals surface area (Å²) in [4.78, 5) is 13.3. The number of halogens is 1. The maximum atomic E-state index is 11.8. The zero-order valence-electron chi connectivity index (χ0n) is 12.0. The van der Waals surface area contributed by atoms with Crippen molar-refractivity contribution in [3.63, 3.8) is 0 Å². The molecule has 2 aromatic carbocycles. The second-order valence-electron chi connectivity index (χ2n) is 4.99. The minimum Gasteiger partial charge on any atom is -0.485 e. The van der Waals surface area contributed by atoms with Crippen LogP contribution in [0, 0.1) is 0 Å². The van der Waals surface area contributed by atoms with Crippen LogP contribution in [0.5, 0.6) is 5.75 Å². The number of anilines is 1. The minimum atomic E-state index is -3.46. The molecule has 0 saturated heterocycles. The van der Waals surface area contributed by atoms with Gasteiger partial charge in [0, 0.05) is 20.9 Å². The smallest absolute Gasteiger partial charge is 0.229 e. The Hall–Kier alpha value is -1.70. The van der Waals surface area contributed by atoms with Gasteiger partial charge in [-0.2, -0.15) is 0 Å². The molecular formula is C15H12ClNO4S2. The van der Waals surface area contributed by atoms with Crippen molar-refractivity contribution < 1.29 is 17.9 Å². The van der Waals surface area contributed by atoms with E-state index in [1.807, 2.05) is 6.07 Å². The predicted octanol–water partition coefficient (Wildman–Crippen LogP) is 3.44. The number of hydrogen-bond donors (Lipinski definition) is 1. The third-order valence-electron chi connectivity index (χ3n) is 3.06. The average molecular weight is 370 g/mol. The predicted molar refractivity (Wildman–Crippen MR) is 90.3 cm³/mol. The van der Waals surface area contributed by atoms with Gasteiger partial charge in [0.1, 0.15) is 5.75 Å². The summed E-state index contributed by atoms with van der Waals surface area (Å²) in [5, 5.41) is 0.577. The van der Waals surface area contributed by atoms with E-state index < -0.39 is 10.0 Å². The first-order valence-corrected chi connectivity index (χ1v) is 9.66. The fourth-order valence-electron chi connectivity index (χ4n) is 2.14. The molecule has 1 N–H and O–H groups in total. The van der Waals surface area contributed by atoms with E-state index in [0.29, 0.717) is 26.9 Å². The molecule has 0 spiro atoms. The maximum absolute atomic E-state index is 11.8. The molecule has 0 aromatic heterocycles. The summed E-state index contributed by atoms with van der Waals surface area (Å²) in [5.41, 5.74) is 0.819. The van der Waals surface area contributed by atoms with Gasteiger partial charge < -0.3 is 4.74 Å². The van der Waals surface area contributed by atoms with Crippen molar-refractivity contribution in [1.82, 2.24) is 0 Å². The Morgan fingerprint density at radius 1 is 1.26 bits per heavy atom. The van der Waals surface area contributed by atoms with Crippen LogP contribution in [-0.4, -0.2) is 27.1 Å². The van der Waals surface area contributed by atoms with Gasteiger partial charge in [-0.1, -0.05) is 29.4 Å². The van der Waals surface area contributed by atoms with E-state index in [4.69, 9.17) is 16.3 Å². The van der Waals surface area contributed by atoms with E-state index in [0.717, 1.165) is 11.2 Å². The summed E-state index contributed by atoms with van der Waals surface area (Å²) >= 11 is 7.29. The number of ether oxygens (including phenoxy) is 1. The fourth-order valence-corrected chi connectivity index (χ4v) is 4.01. The van der Waals surface area contributed by atoms with E-state index >= 15 is 0 Å². The number of hydrogen-bond acceptors (Lipinski definition) is 5. The lowest BCUT2D eigenvalue weighted by atomic mass is 10.1. The maximum Gasteiger partial charge on any atom is 0.229 e. The number of benzene rings is 2. The van der Waals surface area contributed by atoms with Gasteiger partial charge in [0.2, 0.25) is 15.8 Å². The number of rotatable bonds is 4. The van der Waals surface area contributed by atoms with Crippen molar-refractivity contribution in [2.24, 2.45) is 0 Å². The number of Topliss-reactive ketones (excluding diaryl/α,β-unsaturated/α-hetero) is 1. The van der Waals surface area contributed by atoms with Crippen molar-refractivity contribution in [2.45, 2.75) is 9.79 Å². The summed E-state index contributed by atoms with van der Waals surface area (Å²) < 4.78 is 30.9. The molecule has 0 bridgehead atoms. The molecule has 1 aliphatic heterocycles. The Kier molecular flexibility index (Phi) is 4.27. The summed E-state index contributed by atoms with van der Waals surface area (Å²) in [6.45, 7) is -0.0288. The average Bonchev–Trinajstić information content (AvgIpc) is 2.79. The van der Waals surface area contributed by atoms with Crippen LogP contribution in [0.3, 0.4) is 0 Å². The van der Waals surface area contributed by atoms with Gasteiger partial charge in [0.05, 0.1) is 17.5 Å². The molecule has 0 fully saturated rings. The van der Waals surface area contributed by atoms with Gasteiger partial charge in [-0.05, 0) is 24.3 Å². The number of fused-ring (bicyclic) bond motifs is 1. The lowest BCUT2D eigenvalue weighted by Crippen LogP contribution is -2.10. The van der Waals surface area contributed by atoms with Gasteiger partial charge in [-0.25, -0.2) is 8.42 Å². The molecule has 3 rings (SSSR count). The lowest BCUT2D eigenvalue weighted by molar-refractivity contribution is 0.0961. The fraction of sp³-hybridized carbons (Fsp3) is 0.133. The number of carbonyl (C=O) groups excluding carboxylic acids is 1. The van der Waals surface area contributed by atoms with Gasteiger partial charge in [-0.3, -0.25) is 9.52 Å². The Labute approximate surface area is 143 Å². The van der Waals surface area contributed by atoms with Crippen LogP contribution < -0.4 is 9.46 Å². The van der Waals surface area contributed by atoms with E-state index in [-0.39, 0.29) is 12.4 Å². The van der Waals surface area contributed by atoms with Gasteiger partial charge >= 0.3 is 0 Å². The number of carbonyl (C=O) groups is 1. The highest BCUT2D eigenvalue weighted by Gasteiger charge is 2.24. The summed E-state index contributed by atoms with van der Waals surface area (Å²) in [7, 11) is -3.46. The summed E-state index contributed by atoms with van der Waals surface area (Å²) in [6, 6.07) is 10.4. The molecule has 0 atom stereocenters. The largest absolute Gasteiger partial charge is 0.485 e. The van der Waals surface area contributed by atoms with Crippen molar-refractivity contribution in [2.75, 3.05) is 17.6 Å². The van der Waals surface area contributed by atoms with Crippen LogP contribution in [0.1, 0.15) is 10.4 Å². The van der Waals surface area contributed by atoms with Crippen molar-refractivity contribution >= 4 is 44.9 Å². The Morgan fingerprint density at radius 3 is 2.74 bits per heavy atom. The molecule has 1 aliphatic rings. The summed E-state index contributed by atoms with van der Waals surface area (Å²) in [5.74, 6) is 0.260. The molecule has 0 radical (unpaired) electrons. The quantitative estimate of drug-likeness (QED) is 0.893. The van der Waals surface area contributed by atoms with E-state index in [9.17, 15) is 13.2 Å². The van der Waals surface area contributed by atoms with Crippen molar-refractivity contribution in [1.29, 1.82) is 0 Å². The van der Waals surface area contributed by atoms with Crippen LogP contribution in [-0.2, 0) is 10.0 Å². The number of nitrogens with one attached hydrogen (secondary N) is 1. The first kappa shape index (κ1) is 16.2. The van der Waals surface area contributed by atoms with Crippen LogP contribution in [0.25, 0.3) is 0 Å². The Bertz CT molecular complexity index is 896. The SMILES string of the molecule is CS(=O)(=O)Nc1cc2c(cc1Sc1cccc(Cl)c1)C(=O)CO2. The zero-order chi connectivity index (χ0) is 16.6. The summed E-state index contributed by atoms with van der Waals surface area (Å²) in [6.07, 6.45) is 1.07. The van der Waals surface area contributed by atoms with Crippen LogP contribution in [0.15, 0.2) is 46.2 Å². The molecule has 1 heterocycles. The first-order chi connectivity index (χ1) is 10.8. The highest BCUT2D eigenvalue weighted by molar-refractivity contribution is 7.99. The molecule has 120 valence electrons. The van der Waals surface area contributed by atoms with Crippen LogP contribution in [0.2, 0.25) is 5.02 Å². The molecular weight excluding hydrogens is 358 g/mol. The van der Waals surface area contributed by atoms with E-state index in [1.165, 1.54) is 17.8 Å². The second-order valence-corrected chi connectivity index (χ2v) is 8.29. The molecule has 8 heteroatoms. The number of sulfonamides is 1. The molecule has 0 amide bonds. The van der Waals surface area contributed by atoms with Crippen LogP contribution >= 0.6 is 23.4 Å². The monoisotopic (exact) mass is 369 g/mol. The molecule has 0 aliphatic carbocycles. The second kappa shape index (κ2) is 6.07. The Balaban J connectivity index is 2.05. The van der Waals surface area contributed by atoms with Crippen molar-refractivity contribution in [3.8, 4) is 5.75 Å². The topological polar surface area (TPSA) is 72.5 Å². The van der Waals surface area contributed by atoms with Crippen LogP contribution in [0.4, 0.5) is 5.69 Å². The third kappa shape index (κ3) is 3.80. The highest BCUT2D eigenvalue weighted by atomic mass is 35.5. The standard InChI is InChI=1S/C15H12ClNO4S2/c1-23(19,20)17-12-7-14-11(13(18)8-21-14)6-15(12)22-10-4-2-3-9(16)5-10/h2-7,17H,8H2,1H3. The van der Waals surface area contributed by atoms with E-state index in [2.05, 4.69) is 4.72 Å². The molecule has 0 unspecified atom stereocenters. The number of ketones is 1.